The van der Waals surface area contributed by atoms with E-state index < -0.39 is 10.2 Å². The van der Waals surface area contributed by atoms with Crippen molar-refractivity contribution in [2.45, 2.75) is 6.92 Å². The van der Waals surface area contributed by atoms with Crippen LogP contribution in [0.2, 0.25) is 5.02 Å². The summed E-state index contributed by atoms with van der Waals surface area (Å²) in [6.45, 7) is 1.81. The molecule has 0 atom stereocenters. The SMILES string of the molecule is Cc1cc2c(cc1NC(=O)C=Cc1ccccc1Cl)N(C)S(=O)(=O)N2C. The summed E-state index contributed by atoms with van der Waals surface area (Å²) >= 11 is 6.06. The highest BCUT2D eigenvalue weighted by atomic mass is 35.5. The van der Waals surface area contributed by atoms with Crippen LogP contribution in [0.25, 0.3) is 6.08 Å². The molecule has 0 unspecified atom stereocenters. The summed E-state index contributed by atoms with van der Waals surface area (Å²) in [7, 11) is -0.567. The highest BCUT2D eigenvalue weighted by Gasteiger charge is 2.35. The second kappa shape index (κ2) is 6.66. The van der Waals surface area contributed by atoms with Crippen molar-refractivity contribution >= 4 is 50.9 Å². The van der Waals surface area contributed by atoms with Gasteiger partial charge in [0.15, 0.2) is 0 Å². The molecule has 26 heavy (non-hydrogen) atoms. The standard InChI is InChI=1S/C18H18ClN3O3S/c1-12-10-16-17(22(3)26(24,25)21(16)2)11-15(12)20-18(23)9-8-13-6-4-5-7-14(13)19/h4-11H,1-3H3,(H,20,23). The van der Waals surface area contributed by atoms with E-state index in [0.29, 0.717) is 22.1 Å². The summed E-state index contributed by atoms with van der Waals surface area (Å²) in [6.07, 6.45) is 3.02. The van der Waals surface area contributed by atoms with Gasteiger partial charge in [0.1, 0.15) is 0 Å². The van der Waals surface area contributed by atoms with Crippen molar-refractivity contribution in [2.75, 3.05) is 28.0 Å². The van der Waals surface area contributed by atoms with Gasteiger partial charge in [-0.05, 0) is 42.3 Å². The molecule has 1 aliphatic heterocycles. The van der Waals surface area contributed by atoms with Gasteiger partial charge < -0.3 is 5.32 Å². The summed E-state index contributed by atoms with van der Waals surface area (Å²) in [5, 5.41) is 3.34. The molecule has 0 saturated carbocycles. The molecule has 2 aromatic carbocycles. The number of hydrogen-bond donors (Lipinski definition) is 1. The Morgan fingerprint density at radius 2 is 1.73 bits per heavy atom. The molecule has 0 bridgehead atoms. The number of rotatable bonds is 3. The van der Waals surface area contributed by atoms with Gasteiger partial charge in [-0.2, -0.15) is 8.42 Å². The molecule has 136 valence electrons. The van der Waals surface area contributed by atoms with Crippen molar-refractivity contribution in [3.05, 3.63) is 58.6 Å². The monoisotopic (exact) mass is 391 g/mol. The van der Waals surface area contributed by atoms with Crippen LogP contribution in [0.5, 0.6) is 0 Å². The fourth-order valence-electron chi connectivity index (χ4n) is 2.70. The zero-order valence-corrected chi connectivity index (χ0v) is 16.1. The molecule has 0 aromatic heterocycles. The van der Waals surface area contributed by atoms with Crippen LogP contribution in [0.3, 0.4) is 0 Å². The first-order chi connectivity index (χ1) is 12.2. The van der Waals surface area contributed by atoms with Crippen molar-refractivity contribution in [1.29, 1.82) is 0 Å². The fourth-order valence-corrected chi connectivity index (χ4v) is 4.06. The first-order valence-electron chi connectivity index (χ1n) is 7.83. The van der Waals surface area contributed by atoms with E-state index in [0.717, 1.165) is 11.1 Å². The maximum absolute atomic E-state index is 12.2. The number of aryl methyl sites for hydroxylation is 1. The molecule has 0 fully saturated rings. The Kier molecular flexibility index (Phi) is 4.68. The van der Waals surface area contributed by atoms with Gasteiger partial charge in [-0.3, -0.25) is 13.4 Å². The van der Waals surface area contributed by atoms with Crippen LogP contribution in [0.15, 0.2) is 42.5 Å². The molecular weight excluding hydrogens is 374 g/mol. The molecular formula is C18H18ClN3O3S. The Hall–Kier alpha value is -2.51. The largest absolute Gasteiger partial charge is 0.326 e. The lowest BCUT2D eigenvalue weighted by atomic mass is 10.1. The second-order valence-electron chi connectivity index (χ2n) is 5.94. The molecule has 6 nitrogen and oxygen atoms in total. The molecule has 3 rings (SSSR count). The van der Waals surface area contributed by atoms with Gasteiger partial charge in [0.05, 0.1) is 11.4 Å². The minimum Gasteiger partial charge on any atom is -0.322 e. The number of halogens is 1. The summed E-state index contributed by atoms with van der Waals surface area (Å²) in [5.41, 5.74) is 3.15. The Balaban J connectivity index is 1.85. The number of carbonyl (C=O) groups excluding carboxylic acids is 1. The predicted octanol–water partition coefficient (Wildman–Crippen LogP) is 3.43. The first-order valence-corrected chi connectivity index (χ1v) is 9.60. The summed E-state index contributed by atoms with van der Waals surface area (Å²) < 4.78 is 26.9. The van der Waals surface area contributed by atoms with E-state index in [4.69, 9.17) is 11.6 Å². The van der Waals surface area contributed by atoms with Crippen molar-refractivity contribution in [3.63, 3.8) is 0 Å². The number of benzene rings is 2. The van der Waals surface area contributed by atoms with E-state index in [1.807, 2.05) is 25.1 Å². The highest BCUT2D eigenvalue weighted by molar-refractivity contribution is 7.94. The van der Waals surface area contributed by atoms with Crippen molar-refractivity contribution in [2.24, 2.45) is 0 Å². The normalized spacial score (nSPS) is 15.4. The van der Waals surface area contributed by atoms with Crippen molar-refractivity contribution in [1.82, 2.24) is 0 Å². The lowest BCUT2D eigenvalue weighted by Gasteiger charge is -2.13. The lowest BCUT2D eigenvalue weighted by Crippen LogP contribution is -2.32. The topological polar surface area (TPSA) is 69.7 Å². The van der Waals surface area contributed by atoms with Gasteiger partial charge in [0.2, 0.25) is 5.91 Å². The van der Waals surface area contributed by atoms with Crippen LogP contribution in [0, 0.1) is 6.92 Å². The van der Waals surface area contributed by atoms with Gasteiger partial charge >= 0.3 is 10.2 Å². The molecule has 2 aromatic rings. The Morgan fingerprint density at radius 3 is 2.38 bits per heavy atom. The predicted molar refractivity (Wildman–Crippen MR) is 106 cm³/mol. The number of fused-ring (bicyclic) bond motifs is 1. The summed E-state index contributed by atoms with van der Waals surface area (Å²) in [5.74, 6) is -0.329. The zero-order valence-electron chi connectivity index (χ0n) is 14.5. The van der Waals surface area contributed by atoms with Gasteiger partial charge in [-0.15, -0.1) is 0 Å². The van der Waals surface area contributed by atoms with Gasteiger partial charge in [0, 0.05) is 30.9 Å². The zero-order chi connectivity index (χ0) is 19.1. The maximum Gasteiger partial charge on any atom is 0.326 e. The lowest BCUT2D eigenvalue weighted by molar-refractivity contribution is -0.111. The van der Waals surface area contributed by atoms with Gasteiger partial charge in [-0.1, -0.05) is 29.8 Å². The van der Waals surface area contributed by atoms with Crippen LogP contribution in [-0.4, -0.2) is 28.4 Å². The minimum absolute atomic E-state index is 0.329. The number of nitrogens with zero attached hydrogens (tertiary/aromatic N) is 2. The molecule has 0 spiro atoms. The molecule has 1 amide bonds. The summed E-state index contributed by atoms with van der Waals surface area (Å²) in [6, 6.07) is 10.6. The number of hydrogen-bond acceptors (Lipinski definition) is 3. The van der Waals surface area contributed by atoms with Crippen LogP contribution >= 0.6 is 11.6 Å². The minimum atomic E-state index is -3.55. The highest BCUT2D eigenvalue weighted by Crippen LogP contribution is 2.41. The van der Waals surface area contributed by atoms with Gasteiger partial charge in [0.25, 0.3) is 0 Å². The van der Waals surface area contributed by atoms with Crippen LogP contribution < -0.4 is 13.9 Å². The Labute approximate surface area is 157 Å². The molecule has 0 radical (unpaired) electrons. The van der Waals surface area contributed by atoms with Crippen LogP contribution in [0.4, 0.5) is 17.1 Å². The average Bonchev–Trinajstić information content (AvgIpc) is 2.75. The van der Waals surface area contributed by atoms with E-state index in [1.165, 1.54) is 28.8 Å². The molecule has 1 N–H and O–H groups in total. The van der Waals surface area contributed by atoms with E-state index in [2.05, 4.69) is 5.32 Å². The Bertz CT molecular complexity index is 1020. The Morgan fingerprint density at radius 1 is 1.12 bits per heavy atom. The van der Waals surface area contributed by atoms with E-state index in [1.54, 1.807) is 24.3 Å². The average molecular weight is 392 g/mol. The van der Waals surface area contributed by atoms with E-state index >= 15 is 0 Å². The third-order valence-electron chi connectivity index (χ3n) is 4.27. The molecule has 1 heterocycles. The van der Waals surface area contributed by atoms with E-state index in [9.17, 15) is 13.2 Å². The molecule has 0 aliphatic carbocycles. The van der Waals surface area contributed by atoms with Crippen LogP contribution in [0.1, 0.15) is 11.1 Å². The summed E-state index contributed by atoms with van der Waals surface area (Å²) in [4.78, 5) is 12.2. The third-order valence-corrected chi connectivity index (χ3v) is 6.39. The molecule has 8 heteroatoms. The number of amides is 1. The van der Waals surface area contributed by atoms with Gasteiger partial charge in [-0.25, -0.2) is 0 Å². The van der Waals surface area contributed by atoms with Crippen molar-refractivity contribution in [3.8, 4) is 0 Å². The fraction of sp³-hybridized carbons (Fsp3) is 0.167. The van der Waals surface area contributed by atoms with Crippen LogP contribution in [-0.2, 0) is 15.0 Å². The van der Waals surface area contributed by atoms with Crippen molar-refractivity contribution < 1.29 is 13.2 Å². The quantitative estimate of drug-likeness (QED) is 0.815. The number of anilines is 3. The second-order valence-corrected chi connectivity index (χ2v) is 8.34. The van der Waals surface area contributed by atoms with E-state index in [-0.39, 0.29) is 5.91 Å². The molecule has 1 aliphatic rings. The third kappa shape index (κ3) is 3.15. The molecule has 0 saturated heterocycles. The first kappa shape index (κ1) is 18.3. The number of carbonyl (C=O) groups is 1. The number of nitrogens with one attached hydrogen (secondary N) is 1. The maximum atomic E-state index is 12.2. The smallest absolute Gasteiger partial charge is 0.322 e.